The van der Waals surface area contributed by atoms with Gasteiger partial charge in [-0.25, -0.2) is 0 Å². The van der Waals surface area contributed by atoms with Gasteiger partial charge in [-0.2, -0.15) is 0 Å². The molecule has 22 heavy (non-hydrogen) atoms. The second-order valence-corrected chi connectivity index (χ2v) is 12.4. The molecule has 1 unspecified atom stereocenters. The smallest absolute Gasteiger partial charge is 0.397 e. The normalized spacial score (nSPS) is 17.5. The lowest BCUT2D eigenvalue weighted by molar-refractivity contribution is -0.136. The number of rotatable bonds is 9. The topological polar surface area (TPSA) is 65.1 Å². The van der Waals surface area contributed by atoms with E-state index in [1.165, 1.54) is 17.1 Å². The molecule has 0 spiro atoms. The van der Waals surface area contributed by atoms with Crippen LogP contribution in [0.25, 0.3) is 0 Å². The van der Waals surface area contributed by atoms with Crippen LogP contribution in [0.1, 0.15) is 16.2 Å². The zero-order valence-corrected chi connectivity index (χ0v) is 15.5. The second-order valence-electron chi connectivity index (χ2n) is 5.55. The highest BCUT2D eigenvalue weighted by Gasteiger charge is 2.41. The van der Waals surface area contributed by atoms with Crippen LogP contribution >= 0.6 is 0 Å². The summed E-state index contributed by atoms with van der Waals surface area (Å²) in [6.07, 6.45) is 10.6. The maximum Gasteiger partial charge on any atom is 0.397 e. The van der Waals surface area contributed by atoms with E-state index in [1.54, 1.807) is 0 Å². The molecular formula is C14H27NO5Si2. The summed E-state index contributed by atoms with van der Waals surface area (Å²) < 4.78 is 17.2. The van der Waals surface area contributed by atoms with E-state index in [-0.39, 0.29) is 14.7 Å². The van der Waals surface area contributed by atoms with Crippen molar-refractivity contribution in [2.24, 2.45) is 0 Å². The summed E-state index contributed by atoms with van der Waals surface area (Å²) in [5, 5.41) is 0. The van der Waals surface area contributed by atoms with Crippen molar-refractivity contribution in [3.63, 3.8) is 0 Å². The molecule has 1 rings (SSSR count). The Morgan fingerprint density at radius 3 is 2.36 bits per heavy atom. The molecule has 0 aromatic heterocycles. The first kappa shape index (κ1) is 18.6. The number of amides is 2. The molecule has 126 valence electrons. The summed E-state index contributed by atoms with van der Waals surface area (Å²) in [4.78, 5) is 24.2. The Hall–Kier alpha value is -1.41. The van der Waals surface area contributed by atoms with E-state index in [9.17, 15) is 9.59 Å². The number of hydrogen-bond acceptors (Lipinski definition) is 5. The monoisotopic (exact) mass is 345 g/mol. The standard InChI is InChI=1S/C14H23NO5Si2.2H2/c1-6-18-21(3,4)20-22(5,19-7-2)12-8-11-15-13(16)9-10-14(15)17;;/h2,9-10H,6,8,11-12H2,1,3-5H3;2*1H. The average molecular weight is 346 g/mol. The van der Waals surface area contributed by atoms with Crippen LogP contribution < -0.4 is 0 Å². The zero-order chi connectivity index (χ0) is 16.8. The molecule has 6 nitrogen and oxygen atoms in total. The molecule has 0 N–H and O–H groups in total. The van der Waals surface area contributed by atoms with Crippen molar-refractivity contribution >= 4 is 28.9 Å². The van der Waals surface area contributed by atoms with Crippen LogP contribution in [-0.2, 0) is 22.6 Å². The summed E-state index contributed by atoms with van der Waals surface area (Å²) in [6, 6.07) is 0.581. The first-order chi connectivity index (χ1) is 10.2. The van der Waals surface area contributed by atoms with Crippen molar-refractivity contribution in [2.45, 2.75) is 39.0 Å². The Bertz CT molecular complexity index is 492. The summed E-state index contributed by atoms with van der Waals surface area (Å²) in [5.74, 6) is -0.563. The fraction of sp³-hybridized carbons (Fsp3) is 0.571. The van der Waals surface area contributed by atoms with Crippen LogP contribution in [0.5, 0.6) is 0 Å². The Morgan fingerprint density at radius 2 is 1.86 bits per heavy atom. The highest BCUT2D eigenvalue weighted by Crippen LogP contribution is 2.22. The zero-order valence-electron chi connectivity index (χ0n) is 13.5. The van der Waals surface area contributed by atoms with Gasteiger partial charge >= 0.3 is 17.1 Å². The predicted octanol–water partition coefficient (Wildman–Crippen LogP) is 2.23. The van der Waals surface area contributed by atoms with Gasteiger partial charge in [0.25, 0.3) is 11.8 Å². The molecule has 0 aliphatic carbocycles. The Balaban J connectivity index is 0. The number of carbonyl (C=O) groups excluding carboxylic acids is 2. The van der Waals surface area contributed by atoms with Gasteiger partial charge in [-0.3, -0.25) is 14.5 Å². The van der Waals surface area contributed by atoms with Gasteiger partial charge < -0.3 is 13.0 Å². The van der Waals surface area contributed by atoms with E-state index in [0.29, 0.717) is 25.6 Å². The maximum atomic E-state index is 11.5. The molecule has 8 heteroatoms. The second kappa shape index (κ2) is 7.73. The predicted molar refractivity (Wildman–Crippen MR) is 91.2 cm³/mol. The minimum atomic E-state index is -2.61. The molecular weight excluding hydrogens is 318 g/mol. The first-order valence-electron chi connectivity index (χ1n) is 7.24. The van der Waals surface area contributed by atoms with E-state index in [1.807, 2.05) is 26.6 Å². The Labute approximate surface area is 136 Å². The Morgan fingerprint density at radius 1 is 1.27 bits per heavy atom. The van der Waals surface area contributed by atoms with Gasteiger partial charge in [-0.15, -0.1) is 0 Å². The van der Waals surface area contributed by atoms with E-state index in [4.69, 9.17) is 19.4 Å². The van der Waals surface area contributed by atoms with Gasteiger partial charge in [-0.05, 0) is 33.0 Å². The van der Waals surface area contributed by atoms with Crippen molar-refractivity contribution in [3.8, 4) is 12.5 Å². The number of imide groups is 1. The molecule has 0 aromatic carbocycles. The molecule has 1 aliphatic heterocycles. The fourth-order valence-electron chi connectivity index (χ4n) is 2.35. The molecule has 0 fully saturated rings. The quantitative estimate of drug-likeness (QED) is 0.364. The minimum absolute atomic E-state index is 0. The van der Waals surface area contributed by atoms with E-state index in [2.05, 4.69) is 6.11 Å². The summed E-state index contributed by atoms with van der Waals surface area (Å²) in [5.41, 5.74) is 0. The summed E-state index contributed by atoms with van der Waals surface area (Å²) in [7, 11) is -4.91. The van der Waals surface area contributed by atoms with Gasteiger partial charge in [0.15, 0.2) is 0 Å². The molecule has 0 bridgehead atoms. The third-order valence-electron chi connectivity index (χ3n) is 3.14. The van der Waals surface area contributed by atoms with Crippen molar-refractivity contribution in [2.75, 3.05) is 13.2 Å². The molecule has 0 aromatic rings. The molecule has 0 radical (unpaired) electrons. The van der Waals surface area contributed by atoms with Crippen LogP contribution in [0.4, 0.5) is 0 Å². The number of carbonyl (C=O) groups is 2. The maximum absolute atomic E-state index is 11.5. The highest BCUT2D eigenvalue weighted by atomic mass is 28.5. The lowest BCUT2D eigenvalue weighted by Gasteiger charge is -2.33. The van der Waals surface area contributed by atoms with Crippen molar-refractivity contribution < 1.29 is 25.4 Å². The van der Waals surface area contributed by atoms with Crippen LogP contribution in [-0.4, -0.2) is 47.0 Å². The van der Waals surface area contributed by atoms with Crippen molar-refractivity contribution in [1.82, 2.24) is 4.90 Å². The van der Waals surface area contributed by atoms with Crippen LogP contribution in [0.15, 0.2) is 12.2 Å². The lowest BCUT2D eigenvalue weighted by Crippen LogP contribution is -2.50. The van der Waals surface area contributed by atoms with Gasteiger partial charge in [-0.1, -0.05) is 6.42 Å². The number of terminal acetylenes is 1. The molecule has 1 heterocycles. The van der Waals surface area contributed by atoms with E-state index in [0.717, 1.165) is 0 Å². The molecule has 1 atom stereocenters. The molecule has 1 aliphatic rings. The van der Waals surface area contributed by atoms with Crippen molar-refractivity contribution in [1.29, 1.82) is 0 Å². The summed E-state index contributed by atoms with van der Waals surface area (Å²) in [6.45, 7) is 8.59. The largest absolute Gasteiger partial charge is 0.474 e. The minimum Gasteiger partial charge on any atom is -0.474 e. The first-order valence-corrected chi connectivity index (χ1v) is 12.6. The average Bonchev–Trinajstić information content (AvgIpc) is 2.69. The number of nitrogens with zero attached hydrogens (tertiary/aromatic N) is 1. The van der Waals surface area contributed by atoms with Gasteiger partial charge in [0.1, 0.15) is 0 Å². The molecule has 0 saturated heterocycles. The Kier molecular flexibility index (Phi) is 6.55. The van der Waals surface area contributed by atoms with E-state index >= 15 is 0 Å². The van der Waals surface area contributed by atoms with Crippen LogP contribution in [0, 0.1) is 12.5 Å². The lowest BCUT2D eigenvalue weighted by atomic mass is 10.4. The number of hydrogen-bond donors (Lipinski definition) is 0. The molecule has 0 saturated carbocycles. The van der Waals surface area contributed by atoms with Gasteiger partial charge in [0.05, 0.1) is 6.11 Å². The fourth-order valence-corrected chi connectivity index (χ4v) is 9.17. The third kappa shape index (κ3) is 5.42. The van der Waals surface area contributed by atoms with Crippen LogP contribution in [0.2, 0.25) is 25.7 Å². The highest BCUT2D eigenvalue weighted by molar-refractivity contribution is 6.79. The SMILES string of the molecule is C#CO[Si](C)(CCCN1C(=O)C=CC1=O)O[Si](C)(C)OCC.[HH].[HH]. The summed E-state index contributed by atoms with van der Waals surface area (Å²) >= 11 is 0. The van der Waals surface area contributed by atoms with Gasteiger partial charge in [0.2, 0.25) is 0 Å². The van der Waals surface area contributed by atoms with Gasteiger partial charge in [0, 0.05) is 34.2 Å². The molecule has 2 amide bonds. The third-order valence-corrected chi connectivity index (χ3v) is 9.63. The van der Waals surface area contributed by atoms with E-state index < -0.39 is 17.1 Å². The van der Waals surface area contributed by atoms with Crippen molar-refractivity contribution in [3.05, 3.63) is 12.2 Å². The van der Waals surface area contributed by atoms with Crippen LogP contribution in [0.3, 0.4) is 0 Å².